The molecule has 0 aliphatic heterocycles. The van der Waals surface area contributed by atoms with E-state index in [1.54, 1.807) is 18.3 Å². The summed E-state index contributed by atoms with van der Waals surface area (Å²) in [5.74, 6) is -0.640. The minimum Gasteiger partial charge on any atom is -0.456 e. The lowest BCUT2D eigenvalue weighted by molar-refractivity contribution is -0.120. The molecule has 2 aromatic heterocycles. The second kappa shape index (κ2) is 12.0. The molecule has 0 aliphatic rings. The van der Waals surface area contributed by atoms with Gasteiger partial charge in [0.05, 0.1) is 16.6 Å². The van der Waals surface area contributed by atoms with Gasteiger partial charge in [0.1, 0.15) is 17.3 Å². The van der Waals surface area contributed by atoms with Crippen molar-refractivity contribution >= 4 is 39.0 Å². The van der Waals surface area contributed by atoms with Crippen molar-refractivity contribution in [3.63, 3.8) is 0 Å². The molecule has 2 heterocycles. The van der Waals surface area contributed by atoms with Crippen molar-refractivity contribution in [3.8, 4) is 0 Å². The average Bonchev–Trinajstić information content (AvgIpc) is 3.31. The summed E-state index contributed by atoms with van der Waals surface area (Å²) >= 11 is 1.52. The molecule has 0 aliphatic carbocycles. The van der Waals surface area contributed by atoms with Crippen molar-refractivity contribution in [1.82, 2.24) is 15.3 Å². The summed E-state index contributed by atoms with van der Waals surface area (Å²) in [6.45, 7) is 4.47. The van der Waals surface area contributed by atoms with Crippen molar-refractivity contribution in [2.75, 3.05) is 0 Å². The third-order valence-electron chi connectivity index (χ3n) is 5.47. The first-order valence-corrected chi connectivity index (χ1v) is 12.5. The molecule has 0 saturated heterocycles. The van der Waals surface area contributed by atoms with Crippen LogP contribution in [0.25, 0.3) is 15.8 Å². The smallest absolute Gasteiger partial charge is 0.357 e. The Balaban J connectivity index is 1.33. The number of carbonyl (C=O) groups excluding carboxylic acids is 2. The number of amides is 1. The first-order valence-electron chi connectivity index (χ1n) is 11.7. The van der Waals surface area contributed by atoms with Gasteiger partial charge in [-0.05, 0) is 60.4 Å². The van der Waals surface area contributed by atoms with E-state index >= 15 is 0 Å². The highest BCUT2D eigenvalue weighted by Crippen LogP contribution is 2.27. The molecular formula is C29H27N3O3S. The van der Waals surface area contributed by atoms with Gasteiger partial charge in [0.15, 0.2) is 0 Å². The molecule has 7 heteroatoms. The lowest BCUT2D eigenvalue weighted by Crippen LogP contribution is -2.24. The number of ether oxygens (including phenoxy) is 1. The minimum absolute atomic E-state index is 0.137. The standard InChI is InChI=1S/C29H27N3O3S/c1-3-8-22(4-2)23-11-12-24-26(16-23)36-28(32-24)17-27(33)31-18-21-13-14-30-25(15-21)29(34)35-19-20-9-6-5-7-10-20/h3-16H,17-19H2,1-2H3,(H,31,33)/b8-3-,22-4+. The van der Waals surface area contributed by atoms with Crippen LogP contribution in [-0.4, -0.2) is 21.8 Å². The number of pyridine rings is 1. The Morgan fingerprint density at radius 3 is 2.64 bits per heavy atom. The van der Waals surface area contributed by atoms with E-state index in [1.165, 1.54) is 11.3 Å². The van der Waals surface area contributed by atoms with Gasteiger partial charge >= 0.3 is 5.97 Å². The number of rotatable bonds is 9. The molecule has 1 N–H and O–H groups in total. The zero-order chi connectivity index (χ0) is 25.3. The Morgan fingerprint density at radius 2 is 1.86 bits per heavy atom. The molecule has 4 rings (SSSR count). The van der Waals surface area contributed by atoms with Crippen molar-refractivity contribution in [2.45, 2.75) is 33.4 Å². The summed E-state index contributed by atoms with van der Waals surface area (Å²) in [5, 5.41) is 3.66. The molecule has 0 fully saturated rings. The molecule has 0 saturated carbocycles. The van der Waals surface area contributed by atoms with Crippen LogP contribution in [0.1, 0.15) is 46.0 Å². The maximum absolute atomic E-state index is 12.6. The van der Waals surface area contributed by atoms with E-state index < -0.39 is 5.97 Å². The number of hydrogen-bond donors (Lipinski definition) is 1. The van der Waals surface area contributed by atoms with E-state index in [1.807, 2.05) is 62.4 Å². The van der Waals surface area contributed by atoms with E-state index in [0.717, 1.165) is 37.5 Å². The molecule has 2 aromatic carbocycles. The summed E-state index contributed by atoms with van der Waals surface area (Å²) in [4.78, 5) is 33.7. The fourth-order valence-corrected chi connectivity index (χ4v) is 4.66. The van der Waals surface area contributed by atoms with Crippen molar-refractivity contribution in [2.24, 2.45) is 0 Å². The Hall–Kier alpha value is -4.10. The number of aromatic nitrogens is 2. The van der Waals surface area contributed by atoms with Crippen LogP contribution in [0.3, 0.4) is 0 Å². The molecule has 0 unspecified atom stereocenters. The number of allylic oxidation sites excluding steroid dienone is 4. The predicted octanol–water partition coefficient (Wildman–Crippen LogP) is 5.89. The normalized spacial score (nSPS) is 11.7. The number of fused-ring (bicyclic) bond motifs is 1. The van der Waals surface area contributed by atoms with Gasteiger partial charge in [0.25, 0.3) is 0 Å². The summed E-state index contributed by atoms with van der Waals surface area (Å²) in [6, 6.07) is 19.0. The minimum atomic E-state index is -0.503. The number of nitrogens with one attached hydrogen (secondary N) is 1. The van der Waals surface area contributed by atoms with E-state index in [9.17, 15) is 9.59 Å². The van der Waals surface area contributed by atoms with E-state index in [-0.39, 0.29) is 31.2 Å². The van der Waals surface area contributed by atoms with Gasteiger partial charge in [-0.25, -0.2) is 14.8 Å². The molecule has 6 nitrogen and oxygen atoms in total. The van der Waals surface area contributed by atoms with Crippen LogP contribution in [0.2, 0.25) is 0 Å². The Labute approximate surface area is 214 Å². The Bertz CT molecular complexity index is 1420. The van der Waals surface area contributed by atoms with Gasteiger partial charge in [-0.2, -0.15) is 0 Å². The summed E-state index contributed by atoms with van der Waals surface area (Å²) < 4.78 is 6.39. The lowest BCUT2D eigenvalue weighted by Gasteiger charge is -2.07. The van der Waals surface area contributed by atoms with Gasteiger partial charge in [0, 0.05) is 12.7 Å². The molecule has 0 spiro atoms. The molecule has 182 valence electrons. The van der Waals surface area contributed by atoms with Gasteiger partial charge < -0.3 is 10.1 Å². The molecule has 4 aromatic rings. The van der Waals surface area contributed by atoms with Crippen LogP contribution in [0, 0.1) is 0 Å². The van der Waals surface area contributed by atoms with Gasteiger partial charge in [0.2, 0.25) is 5.91 Å². The topological polar surface area (TPSA) is 81.2 Å². The lowest BCUT2D eigenvalue weighted by atomic mass is 10.1. The van der Waals surface area contributed by atoms with Crippen LogP contribution >= 0.6 is 11.3 Å². The maximum atomic E-state index is 12.6. The van der Waals surface area contributed by atoms with Gasteiger partial charge in [-0.3, -0.25) is 4.79 Å². The highest BCUT2D eigenvalue weighted by atomic mass is 32.1. The quantitative estimate of drug-likeness (QED) is 0.230. The highest BCUT2D eigenvalue weighted by molar-refractivity contribution is 7.18. The first-order chi connectivity index (χ1) is 17.6. The first kappa shape index (κ1) is 25.0. The molecule has 0 bridgehead atoms. The second-order valence-corrected chi connectivity index (χ2v) is 9.21. The van der Waals surface area contributed by atoms with Gasteiger partial charge in [-0.15, -0.1) is 11.3 Å². The largest absolute Gasteiger partial charge is 0.456 e. The van der Waals surface area contributed by atoms with Crippen LogP contribution in [-0.2, 0) is 29.1 Å². The van der Waals surface area contributed by atoms with Crippen molar-refractivity contribution in [1.29, 1.82) is 0 Å². The summed E-state index contributed by atoms with van der Waals surface area (Å²) in [6.07, 6.45) is 7.89. The zero-order valence-electron chi connectivity index (χ0n) is 20.2. The number of esters is 1. The fraction of sp³-hybridized carbons (Fsp3) is 0.172. The molecular weight excluding hydrogens is 470 g/mol. The van der Waals surface area contributed by atoms with Crippen LogP contribution in [0.5, 0.6) is 0 Å². The third kappa shape index (κ3) is 6.52. The zero-order valence-corrected chi connectivity index (χ0v) is 21.0. The molecule has 0 radical (unpaired) electrons. The van der Waals surface area contributed by atoms with E-state index in [0.29, 0.717) is 0 Å². The second-order valence-electron chi connectivity index (χ2n) is 8.10. The van der Waals surface area contributed by atoms with Crippen molar-refractivity contribution < 1.29 is 14.3 Å². The fourth-order valence-electron chi connectivity index (χ4n) is 3.66. The van der Waals surface area contributed by atoms with Crippen molar-refractivity contribution in [3.05, 3.63) is 112 Å². The van der Waals surface area contributed by atoms with E-state index in [4.69, 9.17) is 4.74 Å². The number of carbonyl (C=O) groups is 2. The SMILES string of the molecule is C/C=C\C(=C/C)c1ccc2nc(CC(=O)NCc3ccnc(C(=O)OCc4ccccc4)c3)sc2c1. The summed E-state index contributed by atoms with van der Waals surface area (Å²) in [7, 11) is 0. The Kier molecular flexibility index (Phi) is 8.36. The van der Waals surface area contributed by atoms with Gasteiger partial charge in [-0.1, -0.05) is 54.6 Å². The predicted molar refractivity (Wildman–Crippen MR) is 143 cm³/mol. The molecule has 36 heavy (non-hydrogen) atoms. The maximum Gasteiger partial charge on any atom is 0.357 e. The number of benzene rings is 2. The monoisotopic (exact) mass is 497 g/mol. The van der Waals surface area contributed by atoms with Crippen LogP contribution < -0.4 is 5.32 Å². The third-order valence-corrected chi connectivity index (χ3v) is 6.49. The average molecular weight is 498 g/mol. The Morgan fingerprint density at radius 1 is 1.03 bits per heavy atom. The number of nitrogens with zero attached hydrogens (tertiary/aromatic N) is 2. The van der Waals surface area contributed by atoms with Crippen LogP contribution in [0.4, 0.5) is 0 Å². The van der Waals surface area contributed by atoms with E-state index in [2.05, 4.69) is 33.5 Å². The number of hydrogen-bond acceptors (Lipinski definition) is 6. The van der Waals surface area contributed by atoms with Crippen LogP contribution in [0.15, 0.2) is 85.1 Å². The number of thiazole rings is 1. The molecule has 0 atom stereocenters. The molecule has 1 amide bonds. The highest BCUT2D eigenvalue weighted by Gasteiger charge is 2.12. The summed E-state index contributed by atoms with van der Waals surface area (Å²) in [5.41, 5.74) is 5.03.